The molecule has 0 unspecified atom stereocenters. The van der Waals surface area contributed by atoms with Crippen molar-refractivity contribution in [3.63, 3.8) is 0 Å². The molecule has 3 atom stereocenters. The highest BCUT2D eigenvalue weighted by Crippen LogP contribution is 2.18. The van der Waals surface area contributed by atoms with Gasteiger partial charge in [-0.1, -0.05) is 13.0 Å². The van der Waals surface area contributed by atoms with Gasteiger partial charge in [0, 0.05) is 38.9 Å². The Balaban J connectivity index is 1.90. The summed E-state index contributed by atoms with van der Waals surface area (Å²) in [7, 11) is 1.79. The van der Waals surface area contributed by atoms with Gasteiger partial charge < -0.3 is 20.3 Å². The monoisotopic (exact) mass is 333 g/mol. The number of nitrogens with zero attached hydrogens (tertiary/aromatic N) is 3. The maximum Gasteiger partial charge on any atom is 0.191 e. The van der Waals surface area contributed by atoms with Crippen LogP contribution in [-0.2, 0) is 11.3 Å². The van der Waals surface area contributed by atoms with Gasteiger partial charge in [-0.25, -0.2) is 4.98 Å². The fourth-order valence-corrected chi connectivity index (χ4v) is 2.79. The molecule has 1 aromatic rings. The van der Waals surface area contributed by atoms with Crippen molar-refractivity contribution in [3.8, 4) is 0 Å². The average molecular weight is 333 g/mol. The Morgan fingerprint density at radius 2 is 2.08 bits per heavy atom. The van der Waals surface area contributed by atoms with Crippen LogP contribution in [-0.4, -0.2) is 49.3 Å². The third kappa shape index (κ3) is 5.37. The van der Waals surface area contributed by atoms with E-state index < -0.39 is 0 Å². The maximum atomic E-state index is 5.78. The van der Waals surface area contributed by atoms with Crippen LogP contribution in [0.2, 0.25) is 0 Å². The molecule has 0 amide bonds. The Morgan fingerprint density at radius 3 is 2.62 bits per heavy atom. The van der Waals surface area contributed by atoms with Gasteiger partial charge in [-0.2, -0.15) is 0 Å². The van der Waals surface area contributed by atoms with E-state index in [1.807, 2.05) is 6.20 Å². The Bertz CT molecular complexity index is 521. The van der Waals surface area contributed by atoms with E-state index in [1.54, 1.807) is 7.05 Å². The molecule has 1 aliphatic rings. The molecule has 0 aromatic carbocycles. The minimum atomic E-state index is 0.242. The summed E-state index contributed by atoms with van der Waals surface area (Å²) in [5.74, 6) is 1.84. The summed E-state index contributed by atoms with van der Waals surface area (Å²) in [6.45, 7) is 11.0. The van der Waals surface area contributed by atoms with Crippen molar-refractivity contribution in [2.45, 2.75) is 58.9 Å². The minimum absolute atomic E-state index is 0.242. The highest BCUT2D eigenvalue weighted by atomic mass is 16.5. The Labute approximate surface area is 145 Å². The number of hydrogen-bond donors (Lipinski definition) is 2. The van der Waals surface area contributed by atoms with Gasteiger partial charge in [0.05, 0.1) is 12.2 Å². The van der Waals surface area contributed by atoms with E-state index in [9.17, 15) is 0 Å². The SMILES string of the molecule is CC[C@H](C)NC(=NC)NCc1ccc(N2C[C@@H](C)O[C@@H](C)C2)nc1. The molecule has 0 spiro atoms. The number of hydrogen-bond acceptors (Lipinski definition) is 4. The van der Waals surface area contributed by atoms with Crippen LogP contribution in [0.5, 0.6) is 0 Å². The first-order chi connectivity index (χ1) is 11.5. The zero-order chi connectivity index (χ0) is 17.5. The fourth-order valence-electron chi connectivity index (χ4n) is 2.79. The molecule has 0 aliphatic carbocycles. The second kappa shape index (κ2) is 8.87. The number of guanidine groups is 1. The van der Waals surface area contributed by atoms with Gasteiger partial charge in [0.15, 0.2) is 5.96 Å². The largest absolute Gasteiger partial charge is 0.372 e. The van der Waals surface area contributed by atoms with Gasteiger partial charge in [-0.15, -0.1) is 0 Å². The van der Waals surface area contributed by atoms with Crippen LogP contribution >= 0.6 is 0 Å². The van der Waals surface area contributed by atoms with Crippen molar-refractivity contribution in [1.82, 2.24) is 15.6 Å². The van der Waals surface area contributed by atoms with Gasteiger partial charge in [0.1, 0.15) is 5.82 Å². The summed E-state index contributed by atoms with van der Waals surface area (Å²) in [5.41, 5.74) is 1.14. The zero-order valence-electron chi connectivity index (χ0n) is 15.5. The molecule has 6 nitrogen and oxygen atoms in total. The normalized spacial score (nSPS) is 23.0. The fraction of sp³-hybridized carbons (Fsp3) is 0.667. The third-order valence-electron chi connectivity index (χ3n) is 4.23. The number of nitrogens with one attached hydrogen (secondary N) is 2. The molecular weight excluding hydrogens is 302 g/mol. The standard InChI is InChI=1S/C18H31N5O/c1-6-13(2)22-18(19-5)21-10-16-7-8-17(20-9-16)23-11-14(3)24-15(4)12-23/h7-9,13-15H,6,10-12H2,1-5H3,(H2,19,21,22)/t13-,14-,15+/m0/s1. The molecule has 2 N–H and O–H groups in total. The lowest BCUT2D eigenvalue weighted by Gasteiger charge is -2.36. The number of anilines is 1. The van der Waals surface area contributed by atoms with Crippen LogP contribution in [0.25, 0.3) is 0 Å². The minimum Gasteiger partial charge on any atom is -0.372 e. The topological polar surface area (TPSA) is 61.8 Å². The van der Waals surface area contributed by atoms with Gasteiger partial charge >= 0.3 is 0 Å². The number of morpholine rings is 1. The molecule has 2 rings (SSSR count). The first kappa shape index (κ1) is 18.5. The first-order valence-electron chi connectivity index (χ1n) is 8.84. The average Bonchev–Trinajstić information content (AvgIpc) is 2.58. The highest BCUT2D eigenvalue weighted by Gasteiger charge is 2.22. The number of aromatic nitrogens is 1. The number of ether oxygens (including phenoxy) is 1. The van der Waals surface area contributed by atoms with E-state index in [2.05, 4.69) is 65.3 Å². The van der Waals surface area contributed by atoms with E-state index in [0.29, 0.717) is 12.6 Å². The van der Waals surface area contributed by atoms with E-state index in [4.69, 9.17) is 4.74 Å². The Morgan fingerprint density at radius 1 is 1.38 bits per heavy atom. The predicted octanol–water partition coefficient (Wildman–Crippen LogP) is 2.16. The van der Waals surface area contributed by atoms with E-state index in [1.165, 1.54) is 0 Å². The molecule has 2 heterocycles. The van der Waals surface area contributed by atoms with Crippen LogP contribution in [0, 0.1) is 0 Å². The smallest absolute Gasteiger partial charge is 0.191 e. The quantitative estimate of drug-likeness (QED) is 0.639. The van der Waals surface area contributed by atoms with Gasteiger partial charge in [0.25, 0.3) is 0 Å². The highest BCUT2D eigenvalue weighted by molar-refractivity contribution is 5.79. The van der Waals surface area contributed by atoms with E-state index in [0.717, 1.165) is 36.9 Å². The molecule has 0 bridgehead atoms. The molecule has 1 saturated heterocycles. The van der Waals surface area contributed by atoms with Crippen LogP contribution in [0.1, 0.15) is 39.7 Å². The molecule has 1 aliphatic heterocycles. The van der Waals surface area contributed by atoms with Crippen molar-refractivity contribution in [2.75, 3.05) is 25.0 Å². The lowest BCUT2D eigenvalue weighted by molar-refractivity contribution is -0.00545. The Hall–Kier alpha value is -1.82. The van der Waals surface area contributed by atoms with E-state index in [-0.39, 0.29) is 12.2 Å². The molecule has 1 aromatic heterocycles. The van der Waals surface area contributed by atoms with Crippen molar-refractivity contribution in [1.29, 1.82) is 0 Å². The molecule has 24 heavy (non-hydrogen) atoms. The molecule has 0 radical (unpaired) electrons. The van der Waals surface area contributed by atoms with Crippen LogP contribution < -0.4 is 15.5 Å². The second-order valence-electron chi connectivity index (χ2n) is 6.57. The molecule has 6 heteroatoms. The summed E-state index contributed by atoms with van der Waals surface area (Å²) in [5, 5.41) is 6.69. The number of pyridine rings is 1. The maximum absolute atomic E-state index is 5.78. The van der Waals surface area contributed by atoms with Gasteiger partial charge in [-0.3, -0.25) is 4.99 Å². The summed E-state index contributed by atoms with van der Waals surface area (Å²) < 4.78 is 5.78. The third-order valence-corrected chi connectivity index (χ3v) is 4.23. The van der Waals surface area contributed by atoms with Gasteiger partial charge in [0.2, 0.25) is 0 Å². The van der Waals surface area contributed by atoms with Crippen LogP contribution in [0.15, 0.2) is 23.3 Å². The molecule has 1 fully saturated rings. The predicted molar refractivity (Wildman–Crippen MR) is 99.5 cm³/mol. The van der Waals surface area contributed by atoms with Crippen molar-refractivity contribution in [3.05, 3.63) is 23.9 Å². The number of rotatable bonds is 5. The van der Waals surface area contributed by atoms with Gasteiger partial charge in [-0.05, 0) is 38.8 Å². The van der Waals surface area contributed by atoms with Crippen LogP contribution in [0.4, 0.5) is 5.82 Å². The lowest BCUT2D eigenvalue weighted by atomic mass is 10.2. The number of aliphatic imine (C=N–C) groups is 1. The van der Waals surface area contributed by atoms with Crippen molar-refractivity contribution < 1.29 is 4.74 Å². The van der Waals surface area contributed by atoms with Crippen molar-refractivity contribution in [2.24, 2.45) is 4.99 Å². The second-order valence-corrected chi connectivity index (χ2v) is 6.57. The summed E-state index contributed by atoms with van der Waals surface area (Å²) in [6.07, 6.45) is 3.48. The summed E-state index contributed by atoms with van der Waals surface area (Å²) in [6, 6.07) is 4.62. The lowest BCUT2D eigenvalue weighted by Crippen LogP contribution is -2.45. The van der Waals surface area contributed by atoms with E-state index >= 15 is 0 Å². The van der Waals surface area contributed by atoms with Crippen LogP contribution in [0.3, 0.4) is 0 Å². The zero-order valence-corrected chi connectivity index (χ0v) is 15.5. The summed E-state index contributed by atoms with van der Waals surface area (Å²) >= 11 is 0. The molecular formula is C18H31N5O. The summed E-state index contributed by atoms with van der Waals surface area (Å²) in [4.78, 5) is 11.2. The molecule has 134 valence electrons. The van der Waals surface area contributed by atoms with Crippen molar-refractivity contribution >= 4 is 11.8 Å². The Kier molecular flexibility index (Phi) is 6.85. The first-order valence-corrected chi connectivity index (χ1v) is 8.84. The molecule has 0 saturated carbocycles.